The number of fused-ring (bicyclic) bond motifs is 3. The second kappa shape index (κ2) is 4.21. The first kappa shape index (κ1) is 12.4. The van der Waals surface area contributed by atoms with Crippen molar-refractivity contribution in [3.63, 3.8) is 0 Å². The van der Waals surface area contributed by atoms with Crippen molar-refractivity contribution in [3.8, 4) is 11.1 Å². The fraction of sp³-hybridized carbons (Fsp3) is 0.333. The Labute approximate surface area is 115 Å². The van der Waals surface area contributed by atoms with Gasteiger partial charge in [0, 0.05) is 6.04 Å². The molecular formula is C18H21N. The molecule has 1 heteroatoms. The molecule has 0 fully saturated rings. The van der Waals surface area contributed by atoms with E-state index in [1.54, 1.807) is 0 Å². The van der Waals surface area contributed by atoms with Gasteiger partial charge in [0.2, 0.25) is 0 Å². The Hall–Kier alpha value is -1.60. The Kier molecular flexibility index (Phi) is 2.75. The first-order valence-electron chi connectivity index (χ1n) is 6.93. The van der Waals surface area contributed by atoms with Crippen molar-refractivity contribution in [3.05, 3.63) is 59.2 Å². The molecule has 2 aromatic carbocycles. The van der Waals surface area contributed by atoms with Crippen molar-refractivity contribution in [2.75, 3.05) is 0 Å². The van der Waals surface area contributed by atoms with Crippen molar-refractivity contribution in [1.82, 2.24) is 0 Å². The van der Waals surface area contributed by atoms with Gasteiger partial charge in [0.1, 0.15) is 0 Å². The molecule has 0 heterocycles. The van der Waals surface area contributed by atoms with Crippen LogP contribution < -0.4 is 5.73 Å². The van der Waals surface area contributed by atoms with E-state index in [2.05, 4.69) is 63.2 Å². The van der Waals surface area contributed by atoms with Crippen LogP contribution in [0.4, 0.5) is 0 Å². The number of benzene rings is 2. The average Bonchev–Trinajstić information content (AvgIpc) is 2.74. The van der Waals surface area contributed by atoms with E-state index in [4.69, 9.17) is 5.73 Å². The van der Waals surface area contributed by atoms with Crippen LogP contribution in [0, 0.1) is 5.41 Å². The second-order valence-electron chi connectivity index (χ2n) is 6.59. The van der Waals surface area contributed by atoms with Crippen LogP contribution in [0.3, 0.4) is 0 Å². The van der Waals surface area contributed by atoms with E-state index in [0.29, 0.717) is 0 Å². The van der Waals surface area contributed by atoms with E-state index in [9.17, 15) is 0 Å². The summed E-state index contributed by atoms with van der Waals surface area (Å²) < 4.78 is 0. The number of hydrogen-bond acceptors (Lipinski definition) is 1. The zero-order chi connectivity index (χ0) is 13.6. The maximum atomic E-state index is 6.37. The van der Waals surface area contributed by atoms with Crippen molar-refractivity contribution in [1.29, 1.82) is 0 Å². The fourth-order valence-corrected chi connectivity index (χ4v) is 2.86. The van der Waals surface area contributed by atoms with Crippen LogP contribution in [0.5, 0.6) is 0 Å². The van der Waals surface area contributed by atoms with Crippen LogP contribution in [-0.2, 0) is 6.42 Å². The van der Waals surface area contributed by atoms with Crippen LogP contribution in [0.1, 0.15) is 43.5 Å². The third-order valence-corrected chi connectivity index (χ3v) is 4.11. The normalized spacial score (nSPS) is 14.9. The van der Waals surface area contributed by atoms with Gasteiger partial charge in [0.25, 0.3) is 0 Å². The van der Waals surface area contributed by atoms with E-state index < -0.39 is 0 Å². The predicted octanol–water partition coefficient (Wildman–Crippen LogP) is 4.30. The molecule has 19 heavy (non-hydrogen) atoms. The Bertz CT molecular complexity index is 620. The van der Waals surface area contributed by atoms with Crippen LogP contribution in [0.15, 0.2) is 42.5 Å². The summed E-state index contributed by atoms with van der Waals surface area (Å²) in [6.07, 6.45) is 1.04. The first-order valence-corrected chi connectivity index (χ1v) is 6.93. The Balaban J connectivity index is 2.02. The molecule has 2 aromatic rings. The molecule has 1 atom stereocenters. The third kappa shape index (κ3) is 2.08. The molecule has 98 valence electrons. The van der Waals surface area contributed by atoms with Crippen LogP contribution in [0.2, 0.25) is 0 Å². The maximum Gasteiger partial charge on any atom is 0.0344 e. The van der Waals surface area contributed by atoms with Gasteiger partial charge in [0.15, 0.2) is 0 Å². The lowest BCUT2D eigenvalue weighted by Crippen LogP contribution is -2.26. The highest BCUT2D eigenvalue weighted by Crippen LogP contribution is 2.39. The van der Waals surface area contributed by atoms with E-state index in [1.165, 1.54) is 27.8 Å². The van der Waals surface area contributed by atoms with Gasteiger partial charge < -0.3 is 5.73 Å². The summed E-state index contributed by atoms with van der Waals surface area (Å²) >= 11 is 0. The Morgan fingerprint density at radius 2 is 1.63 bits per heavy atom. The minimum atomic E-state index is 0.0847. The molecule has 0 saturated heterocycles. The number of nitrogens with two attached hydrogens (primary N) is 1. The van der Waals surface area contributed by atoms with Gasteiger partial charge in [-0.25, -0.2) is 0 Å². The molecule has 1 aliphatic rings. The average molecular weight is 251 g/mol. The highest BCUT2D eigenvalue weighted by Gasteiger charge is 2.24. The van der Waals surface area contributed by atoms with Gasteiger partial charge in [-0.3, -0.25) is 0 Å². The number of rotatable bonds is 1. The summed E-state index contributed by atoms with van der Waals surface area (Å²) in [7, 11) is 0. The van der Waals surface area contributed by atoms with Crippen LogP contribution >= 0.6 is 0 Å². The molecule has 0 aromatic heterocycles. The van der Waals surface area contributed by atoms with Gasteiger partial charge in [-0.05, 0) is 39.7 Å². The summed E-state index contributed by atoms with van der Waals surface area (Å²) in [5, 5.41) is 0. The first-order chi connectivity index (χ1) is 8.97. The van der Waals surface area contributed by atoms with Gasteiger partial charge in [0.05, 0.1) is 0 Å². The molecule has 0 bridgehead atoms. The topological polar surface area (TPSA) is 26.0 Å². The summed E-state index contributed by atoms with van der Waals surface area (Å²) in [4.78, 5) is 0. The molecule has 1 nitrogen and oxygen atoms in total. The van der Waals surface area contributed by atoms with E-state index >= 15 is 0 Å². The maximum absolute atomic E-state index is 6.37. The lowest BCUT2D eigenvalue weighted by atomic mass is 9.82. The molecule has 0 amide bonds. The quantitative estimate of drug-likeness (QED) is 0.685. The summed E-state index contributed by atoms with van der Waals surface area (Å²) in [5.41, 5.74) is 13.3. The lowest BCUT2D eigenvalue weighted by molar-refractivity contribution is 0.327. The standard InChI is InChI=1S/C18H21N/c1-18(2,3)17(19)13-8-9-16-14(11-13)10-12-6-4-5-7-15(12)16/h4-9,11,17H,10,19H2,1-3H3/t17-/m1/s1. The third-order valence-electron chi connectivity index (χ3n) is 4.11. The molecule has 2 N–H and O–H groups in total. The van der Waals surface area contributed by atoms with Crippen LogP contribution in [-0.4, -0.2) is 0 Å². The second-order valence-corrected chi connectivity index (χ2v) is 6.59. The van der Waals surface area contributed by atoms with Crippen molar-refractivity contribution in [2.45, 2.75) is 33.2 Å². The van der Waals surface area contributed by atoms with E-state index in [1.807, 2.05) is 0 Å². The SMILES string of the molecule is CC(C)(C)[C@H](N)c1ccc2c(c1)Cc1ccccc1-2. The highest BCUT2D eigenvalue weighted by atomic mass is 14.7. The van der Waals surface area contributed by atoms with Gasteiger partial charge in [-0.2, -0.15) is 0 Å². The summed E-state index contributed by atoms with van der Waals surface area (Å²) in [6.45, 7) is 6.58. The van der Waals surface area contributed by atoms with Gasteiger partial charge in [-0.15, -0.1) is 0 Å². The summed E-state index contributed by atoms with van der Waals surface area (Å²) in [6, 6.07) is 15.5. The Morgan fingerprint density at radius 1 is 0.947 bits per heavy atom. The van der Waals surface area contributed by atoms with Gasteiger partial charge >= 0.3 is 0 Å². The minimum Gasteiger partial charge on any atom is -0.324 e. The zero-order valence-electron chi connectivity index (χ0n) is 11.9. The molecule has 1 aliphatic carbocycles. The fourth-order valence-electron chi connectivity index (χ4n) is 2.86. The smallest absolute Gasteiger partial charge is 0.0344 e. The largest absolute Gasteiger partial charge is 0.324 e. The molecule has 0 saturated carbocycles. The molecule has 0 unspecified atom stereocenters. The lowest BCUT2D eigenvalue weighted by Gasteiger charge is -2.27. The van der Waals surface area contributed by atoms with Crippen molar-refractivity contribution < 1.29 is 0 Å². The molecule has 3 rings (SSSR count). The minimum absolute atomic E-state index is 0.0847. The summed E-state index contributed by atoms with van der Waals surface area (Å²) in [5.74, 6) is 0. The number of hydrogen-bond donors (Lipinski definition) is 1. The van der Waals surface area contributed by atoms with E-state index in [-0.39, 0.29) is 11.5 Å². The van der Waals surface area contributed by atoms with Crippen LogP contribution in [0.25, 0.3) is 11.1 Å². The zero-order valence-corrected chi connectivity index (χ0v) is 11.9. The molecular weight excluding hydrogens is 230 g/mol. The predicted molar refractivity (Wildman–Crippen MR) is 81.1 cm³/mol. The van der Waals surface area contributed by atoms with Crippen molar-refractivity contribution in [2.24, 2.45) is 11.1 Å². The molecule has 0 spiro atoms. The monoisotopic (exact) mass is 251 g/mol. The molecule has 0 aliphatic heterocycles. The Morgan fingerprint density at radius 3 is 2.37 bits per heavy atom. The van der Waals surface area contributed by atoms with Crippen molar-refractivity contribution >= 4 is 0 Å². The van der Waals surface area contributed by atoms with E-state index in [0.717, 1.165) is 6.42 Å². The highest BCUT2D eigenvalue weighted by molar-refractivity contribution is 5.77. The molecule has 0 radical (unpaired) electrons. The van der Waals surface area contributed by atoms with Gasteiger partial charge in [-0.1, -0.05) is 63.2 Å².